The van der Waals surface area contributed by atoms with E-state index in [1.165, 1.54) is 4.90 Å². The lowest BCUT2D eigenvalue weighted by Crippen LogP contribution is -2.22. The number of amides is 1. The largest absolute Gasteiger partial charge is 0.397 e. The van der Waals surface area contributed by atoms with E-state index in [-0.39, 0.29) is 12.0 Å². The maximum atomic E-state index is 11.9. The Morgan fingerprint density at radius 2 is 2.16 bits per heavy atom. The number of carbonyl (C=O) groups is 1. The minimum atomic E-state index is -0.305. The zero-order valence-electron chi connectivity index (χ0n) is 11.8. The topological polar surface area (TPSA) is 78.6 Å². The molecule has 0 spiro atoms. The van der Waals surface area contributed by atoms with Crippen LogP contribution in [0.25, 0.3) is 0 Å². The third-order valence-corrected chi connectivity index (χ3v) is 2.97. The number of nitrogens with one attached hydrogen (secondary N) is 1. The van der Waals surface area contributed by atoms with Crippen LogP contribution in [0.5, 0.6) is 0 Å². The summed E-state index contributed by atoms with van der Waals surface area (Å²) in [7, 11) is 3.42. The number of aliphatic hydroxyl groups is 1. The first-order chi connectivity index (χ1) is 8.95. The molecule has 1 aromatic rings. The van der Waals surface area contributed by atoms with Crippen LogP contribution in [0.2, 0.25) is 0 Å². The molecular formula is C14H23N3O2. The van der Waals surface area contributed by atoms with Crippen LogP contribution < -0.4 is 11.1 Å². The summed E-state index contributed by atoms with van der Waals surface area (Å²) in [6.07, 6.45) is 1.08. The maximum Gasteiger partial charge on any atom is 0.253 e. The van der Waals surface area contributed by atoms with Gasteiger partial charge >= 0.3 is 0 Å². The first-order valence-electron chi connectivity index (χ1n) is 6.48. The number of carbonyl (C=O) groups excluding carboxylic acids is 1. The fourth-order valence-electron chi connectivity index (χ4n) is 1.68. The van der Waals surface area contributed by atoms with Crippen molar-refractivity contribution in [1.29, 1.82) is 0 Å². The summed E-state index contributed by atoms with van der Waals surface area (Å²) >= 11 is 0. The summed E-state index contributed by atoms with van der Waals surface area (Å²) in [6, 6.07) is 5.18. The quantitative estimate of drug-likeness (QED) is 0.682. The minimum absolute atomic E-state index is 0.0587. The summed E-state index contributed by atoms with van der Waals surface area (Å²) in [4.78, 5) is 13.4. The molecule has 0 saturated carbocycles. The highest BCUT2D eigenvalue weighted by Crippen LogP contribution is 2.20. The van der Waals surface area contributed by atoms with E-state index >= 15 is 0 Å². The molecule has 1 rings (SSSR count). The number of nitrogens with two attached hydrogens (primary N) is 1. The van der Waals surface area contributed by atoms with Crippen molar-refractivity contribution in [2.75, 3.05) is 31.7 Å². The van der Waals surface area contributed by atoms with Gasteiger partial charge in [0.1, 0.15) is 0 Å². The normalized spacial score (nSPS) is 12.0. The summed E-state index contributed by atoms with van der Waals surface area (Å²) < 4.78 is 0. The van der Waals surface area contributed by atoms with Crippen LogP contribution in [-0.2, 0) is 0 Å². The van der Waals surface area contributed by atoms with Crippen molar-refractivity contribution >= 4 is 17.3 Å². The van der Waals surface area contributed by atoms with Gasteiger partial charge in [0.15, 0.2) is 0 Å². The third kappa shape index (κ3) is 4.44. The van der Waals surface area contributed by atoms with Gasteiger partial charge in [-0.05, 0) is 31.0 Å². The third-order valence-electron chi connectivity index (χ3n) is 2.97. The molecule has 0 heterocycles. The second-order valence-corrected chi connectivity index (χ2v) is 4.78. The second-order valence-electron chi connectivity index (χ2n) is 4.78. The molecule has 0 bridgehead atoms. The highest BCUT2D eigenvalue weighted by atomic mass is 16.3. The lowest BCUT2D eigenvalue weighted by Gasteiger charge is -2.15. The zero-order chi connectivity index (χ0) is 14.4. The molecule has 5 nitrogen and oxygen atoms in total. The monoisotopic (exact) mass is 265 g/mol. The van der Waals surface area contributed by atoms with Gasteiger partial charge in [0.05, 0.1) is 17.5 Å². The molecule has 0 aliphatic rings. The highest BCUT2D eigenvalue weighted by molar-refractivity contribution is 5.95. The predicted octanol–water partition coefficient (Wildman–Crippen LogP) is 1.54. The lowest BCUT2D eigenvalue weighted by atomic mass is 10.1. The van der Waals surface area contributed by atoms with E-state index in [0.29, 0.717) is 24.2 Å². The van der Waals surface area contributed by atoms with Crippen molar-refractivity contribution in [3.63, 3.8) is 0 Å². The van der Waals surface area contributed by atoms with Crippen molar-refractivity contribution < 1.29 is 9.90 Å². The molecule has 0 radical (unpaired) electrons. The first-order valence-corrected chi connectivity index (χ1v) is 6.48. The number of hydrogen-bond donors (Lipinski definition) is 3. The highest BCUT2D eigenvalue weighted by Gasteiger charge is 2.10. The van der Waals surface area contributed by atoms with Crippen molar-refractivity contribution in [2.24, 2.45) is 0 Å². The summed E-state index contributed by atoms with van der Waals surface area (Å²) in [5.41, 5.74) is 7.79. The van der Waals surface area contributed by atoms with E-state index in [0.717, 1.165) is 12.1 Å². The van der Waals surface area contributed by atoms with Gasteiger partial charge in [-0.2, -0.15) is 0 Å². The maximum absolute atomic E-state index is 11.9. The van der Waals surface area contributed by atoms with E-state index in [9.17, 15) is 9.90 Å². The van der Waals surface area contributed by atoms with Crippen LogP contribution in [-0.4, -0.2) is 42.7 Å². The average Bonchev–Trinajstić information content (AvgIpc) is 2.39. The van der Waals surface area contributed by atoms with Gasteiger partial charge in [-0.3, -0.25) is 4.79 Å². The fourth-order valence-corrected chi connectivity index (χ4v) is 1.68. The summed E-state index contributed by atoms with van der Waals surface area (Å²) in [5, 5.41) is 12.6. The molecule has 0 aromatic heterocycles. The smallest absolute Gasteiger partial charge is 0.253 e. The van der Waals surface area contributed by atoms with Crippen molar-refractivity contribution in [3.05, 3.63) is 23.8 Å². The molecule has 5 heteroatoms. The Balaban J connectivity index is 2.72. The van der Waals surface area contributed by atoms with E-state index < -0.39 is 0 Å². The number of rotatable bonds is 6. The molecule has 19 heavy (non-hydrogen) atoms. The molecule has 0 fully saturated rings. The number of nitrogens with zero attached hydrogens (tertiary/aromatic N) is 1. The van der Waals surface area contributed by atoms with Crippen molar-refractivity contribution in [3.8, 4) is 0 Å². The molecule has 1 amide bonds. The molecule has 0 aliphatic carbocycles. The van der Waals surface area contributed by atoms with Gasteiger partial charge in [-0.1, -0.05) is 6.92 Å². The van der Waals surface area contributed by atoms with E-state index in [2.05, 4.69) is 5.32 Å². The Bertz CT molecular complexity index is 433. The van der Waals surface area contributed by atoms with E-state index in [1.807, 2.05) is 6.92 Å². The molecule has 4 N–H and O–H groups in total. The Kier molecular flexibility index (Phi) is 5.63. The zero-order valence-corrected chi connectivity index (χ0v) is 11.8. The van der Waals surface area contributed by atoms with Crippen molar-refractivity contribution in [2.45, 2.75) is 25.9 Å². The van der Waals surface area contributed by atoms with Gasteiger partial charge in [0.2, 0.25) is 0 Å². The lowest BCUT2D eigenvalue weighted by molar-refractivity contribution is 0.0827. The predicted molar refractivity (Wildman–Crippen MR) is 78.3 cm³/mol. The Hall–Kier alpha value is -1.75. The van der Waals surface area contributed by atoms with Gasteiger partial charge < -0.3 is 21.1 Å². The number of aliphatic hydroxyl groups excluding tert-OH is 1. The fraction of sp³-hybridized carbons (Fsp3) is 0.500. The van der Waals surface area contributed by atoms with E-state index in [1.54, 1.807) is 32.3 Å². The van der Waals surface area contributed by atoms with E-state index in [4.69, 9.17) is 5.73 Å². The molecule has 0 saturated heterocycles. The Labute approximate surface area is 114 Å². The average molecular weight is 265 g/mol. The molecular weight excluding hydrogens is 242 g/mol. The minimum Gasteiger partial charge on any atom is -0.397 e. The van der Waals surface area contributed by atoms with Gasteiger partial charge in [-0.15, -0.1) is 0 Å². The first kappa shape index (κ1) is 15.3. The number of nitrogen functional groups attached to an aromatic ring is 1. The van der Waals surface area contributed by atoms with Crippen LogP contribution in [0.3, 0.4) is 0 Å². The summed E-state index contributed by atoms with van der Waals surface area (Å²) in [5.74, 6) is -0.0587. The molecule has 106 valence electrons. The Morgan fingerprint density at radius 1 is 1.47 bits per heavy atom. The number of anilines is 2. The van der Waals surface area contributed by atoms with Crippen molar-refractivity contribution in [1.82, 2.24) is 4.90 Å². The van der Waals surface area contributed by atoms with Crippen LogP contribution in [0, 0.1) is 0 Å². The molecule has 1 aromatic carbocycles. The molecule has 1 unspecified atom stereocenters. The molecule has 0 aliphatic heterocycles. The standard InChI is InChI=1S/C14H23N3O2/c1-4-11(18)7-8-16-13-9-10(5-6-12(13)15)14(19)17(2)3/h5-6,9,11,16,18H,4,7-8,15H2,1-3H3. The van der Waals surface area contributed by atoms with Crippen LogP contribution in [0.1, 0.15) is 30.1 Å². The Morgan fingerprint density at radius 3 is 2.74 bits per heavy atom. The molecule has 1 atom stereocenters. The summed E-state index contributed by atoms with van der Waals surface area (Å²) in [6.45, 7) is 2.56. The number of hydrogen-bond acceptors (Lipinski definition) is 4. The SMILES string of the molecule is CCC(O)CCNc1cc(C(=O)N(C)C)ccc1N. The second kappa shape index (κ2) is 6.99. The van der Waals surface area contributed by atoms with Gasteiger partial charge in [0.25, 0.3) is 5.91 Å². The van der Waals surface area contributed by atoms with Crippen LogP contribution in [0.4, 0.5) is 11.4 Å². The number of benzene rings is 1. The van der Waals surface area contributed by atoms with Crippen LogP contribution >= 0.6 is 0 Å². The van der Waals surface area contributed by atoms with Gasteiger partial charge in [-0.25, -0.2) is 0 Å². The van der Waals surface area contributed by atoms with Gasteiger partial charge in [0, 0.05) is 26.2 Å². The van der Waals surface area contributed by atoms with Crippen LogP contribution in [0.15, 0.2) is 18.2 Å².